The minimum Gasteiger partial charge on any atom is -0.481 e. The van der Waals surface area contributed by atoms with E-state index in [0.717, 1.165) is 13.1 Å². The first kappa shape index (κ1) is 12.0. The highest BCUT2D eigenvalue weighted by Gasteiger charge is 2.21. The average molecular weight is 214 g/mol. The number of rotatable bonds is 3. The molecule has 5 heteroatoms. The Kier molecular flexibility index (Phi) is 4.08. The summed E-state index contributed by atoms with van der Waals surface area (Å²) in [6.45, 7) is 6.81. The largest absolute Gasteiger partial charge is 0.481 e. The highest BCUT2D eigenvalue weighted by atomic mass is 16.4. The molecule has 0 aromatic carbocycles. The lowest BCUT2D eigenvalue weighted by molar-refractivity contribution is -0.142. The molecule has 0 radical (unpaired) electrons. The van der Waals surface area contributed by atoms with E-state index in [-0.39, 0.29) is 11.8 Å². The summed E-state index contributed by atoms with van der Waals surface area (Å²) in [5.74, 6) is -1.00. The quantitative estimate of drug-likeness (QED) is 0.711. The van der Waals surface area contributed by atoms with Gasteiger partial charge in [-0.1, -0.05) is 6.92 Å². The van der Waals surface area contributed by atoms with Crippen LogP contribution in [-0.4, -0.2) is 59.5 Å². The molecular weight excluding hydrogens is 196 g/mol. The fraction of sp³-hybridized carbons (Fsp3) is 0.800. The Bertz CT molecular complexity index is 247. The van der Waals surface area contributed by atoms with Gasteiger partial charge in [-0.15, -0.1) is 0 Å². The number of aliphatic carboxylic acids is 1. The minimum absolute atomic E-state index is 0.0981. The number of hydrogen-bond donors (Lipinski definition) is 1. The number of carbonyl (C=O) groups is 2. The van der Waals surface area contributed by atoms with Gasteiger partial charge in [0.2, 0.25) is 5.91 Å². The summed E-state index contributed by atoms with van der Waals surface area (Å²) in [5.41, 5.74) is 0. The molecule has 1 amide bonds. The van der Waals surface area contributed by atoms with Crippen molar-refractivity contribution < 1.29 is 14.7 Å². The van der Waals surface area contributed by atoms with Gasteiger partial charge in [0.05, 0.1) is 5.92 Å². The standard InChI is InChI=1S/C10H18N2O3/c1-8(10(14)15)7-11-3-5-12(6-4-11)9(2)13/h8H,3-7H2,1-2H3,(H,14,15). The van der Waals surface area contributed by atoms with Crippen LogP contribution in [-0.2, 0) is 9.59 Å². The fourth-order valence-corrected chi connectivity index (χ4v) is 1.71. The van der Waals surface area contributed by atoms with Crippen molar-refractivity contribution in [2.24, 2.45) is 5.92 Å². The average Bonchev–Trinajstić information content (AvgIpc) is 2.18. The second kappa shape index (κ2) is 5.11. The summed E-state index contributed by atoms with van der Waals surface area (Å²) < 4.78 is 0. The van der Waals surface area contributed by atoms with Gasteiger partial charge in [0, 0.05) is 39.6 Å². The lowest BCUT2D eigenvalue weighted by atomic mass is 10.1. The molecule has 0 aliphatic carbocycles. The second-order valence-electron chi connectivity index (χ2n) is 4.05. The van der Waals surface area contributed by atoms with Gasteiger partial charge in [-0.3, -0.25) is 14.5 Å². The smallest absolute Gasteiger partial charge is 0.307 e. The molecule has 1 fully saturated rings. The van der Waals surface area contributed by atoms with Gasteiger partial charge in [-0.2, -0.15) is 0 Å². The number of carbonyl (C=O) groups excluding carboxylic acids is 1. The third-order valence-electron chi connectivity index (χ3n) is 2.77. The van der Waals surface area contributed by atoms with E-state index in [1.807, 2.05) is 0 Å². The molecule has 0 spiro atoms. The Morgan fingerprint density at radius 1 is 1.27 bits per heavy atom. The van der Waals surface area contributed by atoms with Crippen LogP contribution in [0.3, 0.4) is 0 Å². The highest BCUT2D eigenvalue weighted by Crippen LogP contribution is 2.05. The zero-order valence-corrected chi connectivity index (χ0v) is 9.27. The number of piperazine rings is 1. The zero-order valence-electron chi connectivity index (χ0n) is 9.27. The van der Waals surface area contributed by atoms with E-state index in [4.69, 9.17) is 5.11 Å². The maximum absolute atomic E-state index is 11.0. The van der Waals surface area contributed by atoms with Gasteiger partial charge < -0.3 is 10.0 Å². The minimum atomic E-state index is -0.760. The number of nitrogens with zero attached hydrogens (tertiary/aromatic N) is 2. The summed E-state index contributed by atoms with van der Waals surface area (Å²) in [4.78, 5) is 25.6. The molecule has 1 saturated heterocycles. The van der Waals surface area contributed by atoms with E-state index in [1.54, 1.807) is 18.7 Å². The van der Waals surface area contributed by atoms with Crippen molar-refractivity contribution in [1.82, 2.24) is 9.80 Å². The van der Waals surface area contributed by atoms with Crippen LogP contribution in [0.2, 0.25) is 0 Å². The lowest BCUT2D eigenvalue weighted by Crippen LogP contribution is -2.49. The Hall–Kier alpha value is -1.10. The second-order valence-corrected chi connectivity index (χ2v) is 4.05. The monoisotopic (exact) mass is 214 g/mol. The van der Waals surface area contributed by atoms with Crippen molar-refractivity contribution in [3.63, 3.8) is 0 Å². The van der Waals surface area contributed by atoms with E-state index in [9.17, 15) is 9.59 Å². The molecule has 0 bridgehead atoms. The van der Waals surface area contributed by atoms with Crippen molar-refractivity contribution in [3.05, 3.63) is 0 Å². The molecule has 1 N–H and O–H groups in total. The van der Waals surface area contributed by atoms with E-state index >= 15 is 0 Å². The maximum Gasteiger partial charge on any atom is 0.307 e. The molecule has 86 valence electrons. The third kappa shape index (κ3) is 3.51. The predicted octanol–water partition coefficient (Wildman–Crippen LogP) is -0.129. The van der Waals surface area contributed by atoms with Crippen LogP contribution in [0.25, 0.3) is 0 Å². The first-order valence-electron chi connectivity index (χ1n) is 5.21. The first-order valence-corrected chi connectivity index (χ1v) is 5.21. The van der Waals surface area contributed by atoms with Crippen LogP contribution in [0.4, 0.5) is 0 Å². The summed E-state index contributed by atoms with van der Waals surface area (Å²) in [5, 5.41) is 8.76. The molecule has 1 aliphatic rings. The van der Waals surface area contributed by atoms with Crippen LogP contribution < -0.4 is 0 Å². The number of carboxylic acids is 1. The molecule has 1 aliphatic heterocycles. The number of hydrogen-bond acceptors (Lipinski definition) is 3. The van der Waals surface area contributed by atoms with Gasteiger partial charge in [0.1, 0.15) is 0 Å². The molecule has 1 atom stereocenters. The fourth-order valence-electron chi connectivity index (χ4n) is 1.71. The molecule has 1 heterocycles. The van der Waals surface area contributed by atoms with Crippen molar-refractivity contribution in [1.29, 1.82) is 0 Å². The van der Waals surface area contributed by atoms with Crippen molar-refractivity contribution in [2.45, 2.75) is 13.8 Å². The van der Waals surface area contributed by atoms with Gasteiger partial charge in [0.25, 0.3) is 0 Å². The molecule has 0 aromatic rings. The summed E-state index contributed by atoms with van der Waals surface area (Å²) in [7, 11) is 0. The van der Waals surface area contributed by atoms with Gasteiger partial charge in [0.15, 0.2) is 0 Å². The topological polar surface area (TPSA) is 60.9 Å². The summed E-state index contributed by atoms with van der Waals surface area (Å²) in [6, 6.07) is 0. The van der Waals surface area contributed by atoms with Crippen molar-refractivity contribution in [3.8, 4) is 0 Å². The van der Waals surface area contributed by atoms with Crippen LogP contribution in [0.15, 0.2) is 0 Å². The van der Waals surface area contributed by atoms with E-state index < -0.39 is 5.97 Å². The summed E-state index contributed by atoms with van der Waals surface area (Å²) in [6.07, 6.45) is 0. The maximum atomic E-state index is 11.0. The van der Waals surface area contributed by atoms with Gasteiger partial charge in [-0.05, 0) is 0 Å². The van der Waals surface area contributed by atoms with Crippen molar-refractivity contribution >= 4 is 11.9 Å². The van der Waals surface area contributed by atoms with E-state index in [0.29, 0.717) is 19.6 Å². The molecule has 5 nitrogen and oxygen atoms in total. The lowest BCUT2D eigenvalue weighted by Gasteiger charge is -2.34. The Morgan fingerprint density at radius 2 is 1.80 bits per heavy atom. The Morgan fingerprint density at radius 3 is 2.20 bits per heavy atom. The Labute approximate surface area is 89.7 Å². The third-order valence-corrected chi connectivity index (χ3v) is 2.77. The number of amides is 1. The molecule has 1 rings (SSSR count). The molecule has 1 unspecified atom stereocenters. The normalized spacial score (nSPS) is 20.0. The van der Waals surface area contributed by atoms with Crippen LogP contribution in [0, 0.1) is 5.92 Å². The van der Waals surface area contributed by atoms with Crippen molar-refractivity contribution in [2.75, 3.05) is 32.7 Å². The molecular formula is C10H18N2O3. The van der Waals surface area contributed by atoms with Gasteiger partial charge in [-0.25, -0.2) is 0 Å². The molecule has 0 aromatic heterocycles. The van der Waals surface area contributed by atoms with E-state index in [1.165, 1.54) is 0 Å². The zero-order chi connectivity index (χ0) is 11.4. The summed E-state index contributed by atoms with van der Waals surface area (Å²) >= 11 is 0. The first-order chi connectivity index (χ1) is 7.00. The van der Waals surface area contributed by atoms with Gasteiger partial charge >= 0.3 is 5.97 Å². The molecule has 0 saturated carbocycles. The SMILES string of the molecule is CC(=O)N1CCN(CC(C)C(=O)O)CC1. The van der Waals surface area contributed by atoms with Crippen LogP contribution >= 0.6 is 0 Å². The highest BCUT2D eigenvalue weighted by molar-refractivity contribution is 5.73. The predicted molar refractivity (Wildman–Crippen MR) is 55.5 cm³/mol. The van der Waals surface area contributed by atoms with Crippen LogP contribution in [0.5, 0.6) is 0 Å². The number of carboxylic acid groups (broad SMARTS) is 1. The Balaban J connectivity index is 2.31. The van der Waals surface area contributed by atoms with E-state index in [2.05, 4.69) is 4.90 Å². The van der Waals surface area contributed by atoms with Crippen LogP contribution in [0.1, 0.15) is 13.8 Å². The molecule has 15 heavy (non-hydrogen) atoms.